The van der Waals surface area contributed by atoms with E-state index in [4.69, 9.17) is 9.47 Å². The van der Waals surface area contributed by atoms with Gasteiger partial charge in [0.05, 0.1) is 37.3 Å². The Hall–Kier alpha value is -4.76. The van der Waals surface area contributed by atoms with Gasteiger partial charge in [-0.05, 0) is 40.5 Å². The van der Waals surface area contributed by atoms with Crippen LogP contribution in [0.4, 0.5) is 0 Å². The smallest absolute Gasteiger partial charge is 0.356 e. The van der Waals surface area contributed by atoms with Gasteiger partial charge in [-0.2, -0.15) is 5.26 Å². The molecule has 1 aliphatic rings. The molecule has 0 unspecified atom stereocenters. The maximum Gasteiger partial charge on any atom is 0.356 e. The predicted octanol–water partition coefficient (Wildman–Crippen LogP) is 4.60. The maximum atomic E-state index is 15.2. The normalized spacial score (nSPS) is 17.2. The zero-order valence-corrected chi connectivity index (χ0v) is 31.7. The second kappa shape index (κ2) is 17.4. The molecule has 1 amide bonds. The summed E-state index contributed by atoms with van der Waals surface area (Å²) >= 11 is 2.62. The number of benzene rings is 4. The van der Waals surface area contributed by atoms with Crippen molar-refractivity contribution in [3.63, 3.8) is 0 Å². The molecular weight excluding hydrogens is 728 g/mol. The first-order valence-corrected chi connectivity index (χ1v) is 20.6. The number of β-lactam (4-membered cyclic amide) rings is 1. The van der Waals surface area contributed by atoms with Crippen molar-refractivity contribution in [3.05, 3.63) is 126 Å². The summed E-state index contributed by atoms with van der Waals surface area (Å²) in [5.74, 6) is -2.24. The topological polar surface area (TPSA) is 146 Å². The number of rotatable bonds is 15. The molecule has 0 aliphatic carbocycles. The molecule has 1 fully saturated rings. The number of aliphatic hydroxyl groups excluding tert-OH is 2. The average molecular weight is 767 g/mol. The summed E-state index contributed by atoms with van der Waals surface area (Å²) in [5.41, 5.74) is 2.41. The molecule has 1 saturated heterocycles. The van der Waals surface area contributed by atoms with Gasteiger partial charge < -0.3 is 24.6 Å². The summed E-state index contributed by atoms with van der Waals surface area (Å²) in [7, 11) is 1.57. The van der Waals surface area contributed by atoms with Crippen molar-refractivity contribution in [1.82, 2.24) is 15.1 Å². The fourth-order valence-corrected chi connectivity index (χ4v) is 12.9. The van der Waals surface area contributed by atoms with E-state index >= 15 is 4.79 Å². The lowest BCUT2D eigenvalue weighted by atomic mass is 9.73. The molecule has 0 bridgehead atoms. The van der Waals surface area contributed by atoms with Gasteiger partial charge in [-0.15, -0.1) is 10.2 Å². The molecule has 10 nitrogen and oxygen atoms in total. The Bertz CT molecular complexity index is 1980. The molecule has 1 aromatic heterocycles. The van der Waals surface area contributed by atoms with Gasteiger partial charge in [0.25, 0.3) is 0 Å². The lowest BCUT2D eigenvalue weighted by molar-refractivity contribution is -0.163. The van der Waals surface area contributed by atoms with Crippen LogP contribution < -0.4 is 20.7 Å². The van der Waals surface area contributed by atoms with E-state index in [1.54, 1.807) is 36.9 Å². The van der Waals surface area contributed by atoms with Crippen LogP contribution in [0.3, 0.4) is 0 Å². The highest BCUT2D eigenvalue weighted by atomic mass is 32.2. The molecule has 0 radical (unpaired) electrons. The van der Waals surface area contributed by atoms with Gasteiger partial charge in [-0.1, -0.05) is 126 Å². The Labute approximate surface area is 317 Å². The summed E-state index contributed by atoms with van der Waals surface area (Å²) in [6.45, 7) is -1.87. The number of carbonyl (C=O) groups excluding carboxylic acids is 2. The third-order valence-electron chi connectivity index (χ3n) is 9.37. The number of methoxy groups -OCH3 is 1. The highest BCUT2D eigenvalue weighted by molar-refractivity contribution is 8.01. The minimum atomic E-state index is -3.29. The monoisotopic (exact) mass is 766 g/mol. The van der Waals surface area contributed by atoms with Crippen LogP contribution in [0.15, 0.2) is 125 Å². The molecule has 13 heteroatoms. The maximum absolute atomic E-state index is 15.2. The van der Waals surface area contributed by atoms with Crippen molar-refractivity contribution in [2.24, 2.45) is 11.8 Å². The number of hydrogen-bond acceptors (Lipinski definition) is 11. The summed E-state index contributed by atoms with van der Waals surface area (Å²) in [6.07, 6.45) is -2.39. The highest BCUT2D eigenvalue weighted by Crippen LogP contribution is 2.51. The molecule has 53 heavy (non-hydrogen) atoms. The average Bonchev–Trinajstić information content (AvgIpc) is 3.72. The molecule has 5 atom stereocenters. The lowest BCUT2D eigenvalue weighted by Crippen LogP contribution is -2.71. The Morgan fingerprint density at radius 2 is 1.51 bits per heavy atom. The molecule has 0 saturated carbocycles. The van der Waals surface area contributed by atoms with E-state index < -0.39 is 48.8 Å². The van der Waals surface area contributed by atoms with Crippen molar-refractivity contribution >= 4 is 63.2 Å². The molecule has 2 N–H and O–H groups in total. The number of aromatic nitrogens is 2. The van der Waals surface area contributed by atoms with E-state index in [1.165, 1.54) is 34.9 Å². The van der Waals surface area contributed by atoms with Crippen molar-refractivity contribution in [2.75, 3.05) is 12.9 Å². The van der Waals surface area contributed by atoms with E-state index in [0.717, 1.165) is 15.9 Å². The van der Waals surface area contributed by atoms with E-state index in [0.29, 0.717) is 15.7 Å². The number of likely N-dealkylation sites (tertiary alicyclic amines) is 1. The van der Waals surface area contributed by atoms with Crippen LogP contribution >= 0.6 is 30.0 Å². The van der Waals surface area contributed by atoms with Crippen molar-refractivity contribution < 1.29 is 29.3 Å². The largest absolute Gasteiger partial charge is 0.497 e. The van der Waals surface area contributed by atoms with Gasteiger partial charge >= 0.3 is 5.97 Å². The SMILES string of the molecule is COc1ccc(COC(=O)C(N2C(=O)[C@H]([C@@H](C)O)[C@H]2[C@H](CC#N)[C@@H](O)CSc2nncs2)=P(c2ccccc2)(c2ccccc2)c2ccccc2)cc1. The standard InChI is InChI=1S/C40H39N4O6PS2/c1-27(45)35-36(33(22-23-41)34(46)25-52-40-43-42-26-53-40)44(37(35)47)38(39(48)50-24-28-18-20-29(49-2)21-19-28)51(30-12-6-3-7-13-30,31-14-8-4-9-15-31)32-16-10-5-11-17-32/h3-21,26-27,33-36,45-46H,22,24-25H2,1-2H3/t27-,33-,34+,35-,36-/m1/s1. The first-order chi connectivity index (χ1) is 25.8. The second-order valence-electron chi connectivity index (χ2n) is 12.5. The van der Waals surface area contributed by atoms with Crippen LogP contribution in [0.25, 0.3) is 0 Å². The summed E-state index contributed by atoms with van der Waals surface area (Å²) in [5, 5.41) is 43.4. The van der Waals surface area contributed by atoms with Crippen molar-refractivity contribution in [1.29, 1.82) is 5.26 Å². The third-order valence-corrected chi connectivity index (χ3v) is 15.6. The van der Waals surface area contributed by atoms with Gasteiger partial charge in [0, 0.05) is 25.0 Å². The Morgan fingerprint density at radius 3 is 1.98 bits per heavy atom. The van der Waals surface area contributed by atoms with Crippen LogP contribution in [-0.2, 0) is 20.9 Å². The van der Waals surface area contributed by atoms with Gasteiger partial charge in [0.15, 0.2) is 4.34 Å². The van der Waals surface area contributed by atoms with E-state index in [1.807, 2.05) is 91.0 Å². The fourth-order valence-electron chi connectivity index (χ4n) is 6.92. The number of thioether (sulfide) groups is 1. The molecule has 0 spiro atoms. The number of amides is 1. The van der Waals surface area contributed by atoms with Gasteiger partial charge in [-0.3, -0.25) is 4.79 Å². The molecule has 4 aromatic carbocycles. The predicted molar refractivity (Wildman–Crippen MR) is 209 cm³/mol. The minimum Gasteiger partial charge on any atom is -0.497 e. The molecule has 1 aliphatic heterocycles. The zero-order valence-electron chi connectivity index (χ0n) is 29.1. The van der Waals surface area contributed by atoms with Crippen molar-refractivity contribution in [3.8, 4) is 11.8 Å². The molecule has 5 aromatic rings. The van der Waals surface area contributed by atoms with Crippen LogP contribution in [0.5, 0.6) is 5.75 Å². The number of hydrogen-bond donors (Lipinski definition) is 2. The zero-order chi connectivity index (χ0) is 37.4. The quantitative estimate of drug-likeness (QED) is 0.0671. The number of esters is 1. The molecule has 6 rings (SSSR count). The number of ether oxygens (including phenoxy) is 2. The van der Waals surface area contributed by atoms with Crippen LogP contribution in [0.2, 0.25) is 0 Å². The number of nitriles is 1. The first kappa shape index (κ1) is 38.0. The van der Waals surface area contributed by atoms with Gasteiger partial charge in [0.1, 0.15) is 23.3 Å². The molecule has 272 valence electrons. The molecular formula is C40H39N4O6PS2. The summed E-state index contributed by atoms with van der Waals surface area (Å²) in [4.78, 5) is 31.3. The second-order valence-corrected chi connectivity index (χ2v) is 17.9. The number of aliphatic hydroxyl groups is 2. The van der Waals surface area contributed by atoms with E-state index in [9.17, 15) is 20.3 Å². The van der Waals surface area contributed by atoms with E-state index in [2.05, 4.69) is 16.3 Å². The van der Waals surface area contributed by atoms with Gasteiger partial charge in [0.2, 0.25) is 5.91 Å². The summed E-state index contributed by atoms with van der Waals surface area (Å²) < 4.78 is 12.1. The van der Waals surface area contributed by atoms with Crippen LogP contribution in [0.1, 0.15) is 18.9 Å². The fraction of sp³-hybridized carbons (Fsp3) is 0.250. The number of nitrogens with zero attached hydrogens (tertiary/aromatic N) is 4. The lowest BCUT2D eigenvalue weighted by Gasteiger charge is -2.54. The Kier molecular flexibility index (Phi) is 12.5. The third kappa shape index (κ3) is 7.81. The highest BCUT2D eigenvalue weighted by Gasteiger charge is 2.58. The number of carbonyl (C=O) groups is 2. The van der Waals surface area contributed by atoms with E-state index in [-0.39, 0.29) is 24.2 Å². The Balaban J connectivity index is 1.62. The van der Waals surface area contributed by atoms with Crippen LogP contribution in [0, 0.1) is 23.2 Å². The van der Waals surface area contributed by atoms with Crippen molar-refractivity contribution in [2.45, 2.75) is 42.5 Å². The Morgan fingerprint density at radius 1 is 0.943 bits per heavy atom. The molecule has 2 heterocycles. The summed E-state index contributed by atoms with van der Waals surface area (Å²) in [6, 6.07) is 37.2. The van der Waals surface area contributed by atoms with Gasteiger partial charge in [-0.25, -0.2) is 4.79 Å². The first-order valence-electron chi connectivity index (χ1n) is 17.0. The minimum absolute atomic E-state index is 0.0973. The van der Waals surface area contributed by atoms with Crippen LogP contribution in [-0.4, -0.2) is 73.7 Å².